The molecule has 1 atom stereocenters. The lowest BCUT2D eigenvalue weighted by molar-refractivity contribution is -0.142. The zero-order chi connectivity index (χ0) is 23.1. The van der Waals surface area contributed by atoms with Crippen molar-refractivity contribution in [2.45, 2.75) is 39.2 Å². The maximum atomic E-state index is 13.9. The first kappa shape index (κ1) is 23.5. The molecule has 1 aromatic heterocycles. The summed E-state index contributed by atoms with van der Waals surface area (Å²) in [6.45, 7) is 3.93. The van der Waals surface area contributed by atoms with Crippen molar-refractivity contribution < 1.29 is 23.8 Å². The number of Topliss-reactive ketones (excluding diaryl/α,β-unsaturated/α-hetero) is 1. The van der Waals surface area contributed by atoms with E-state index in [0.717, 1.165) is 22.9 Å². The number of ether oxygens (including phenoxy) is 2. The highest BCUT2D eigenvalue weighted by Gasteiger charge is 2.14. The van der Waals surface area contributed by atoms with Gasteiger partial charge in [-0.1, -0.05) is 24.3 Å². The van der Waals surface area contributed by atoms with Crippen LogP contribution < -0.4 is 10.5 Å². The number of hydrogen-bond donors (Lipinski definition) is 2. The number of carbonyl (C=O) groups excluding carboxylic acids is 1. The lowest BCUT2D eigenvalue weighted by Crippen LogP contribution is -2.24. The maximum Gasteiger partial charge on any atom is 0.189 e. The lowest BCUT2D eigenvalue weighted by atomic mass is 9.94. The summed E-state index contributed by atoms with van der Waals surface area (Å²) in [6, 6.07) is 14.1. The number of pyridine rings is 1. The van der Waals surface area contributed by atoms with Gasteiger partial charge in [0.2, 0.25) is 0 Å². The third kappa shape index (κ3) is 6.20. The first-order valence-corrected chi connectivity index (χ1v) is 10.4. The second kappa shape index (κ2) is 10.9. The van der Waals surface area contributed by atoms with Crippen molar-refractivity contribution >= 4 is 5.78 Å². The smallest absolute Gasteiger partial charge is 0.189 e. The Morgan fingerprint density at radius 2 is 1.97 bits per heavy atom. The molecule has 0 radical (unpaired) electrons. The average Bonchev–Trinajstić information content (AvgIpc) is 2.78. The van der Waals surface area contributed by atoms with Gasteiger partial charge in [-0.25, -0.2) is 4.39 Å². The largest absolute Gasteiger partial charge is 0.488 e. The number of carbonyl (C=O) groups is 1. The molecule has 6 nitrogen and oxygen atoms in total. The molecule has 1 heterocycles. The fourth-order valence-corrected chi connectivity index (χ4v) is 3.29. The first-order chi connectivity index (χ1) is 15.4. The van der Waals surface area contributed by atoms with Gasteiger partial charge in [0.05, 0.1) is 12.3 Å². The molecular weight excluding hydrogens is 411 g/mol. The number of nitrogens with two attached hydrogens (primary N) is 1. The van der Waals surface area contributed by atoms with E-state index in [-0.39, 0.29) is 31.5 Å². The highest BCUT2D eigenvalue weighted by molar-refractivity contribution is 5.98. The zero-order valence-corrected chi connectivity index (χ0v) is 18.1. The minimum absolute atomic E-state index is 0.0125. The summed E-state index contributed by atoms with van der Waals surface area (Å²) >= 11 is 0. The van der Waals surface area contributed by atoms with Gasteiger partial charge in [-0.3, -0.25) is 9.78 Å². The van der Waals surface area contributed by atoms with E-state index in [4.69, 9.17) is 15.2 Å². The van der Waals surface area contributed by atoms with E-state index in [9.17, 15) is 14.3 Å². The van der Waals surface area contributed by atoms with Gasteiger partial charge in [0.15, 0.2) is 12.1 Å². The Labute approximate surface area is 186 Å². The SMILES string of the molecule is CC(C)OC(O)COc1cccc(-c2cc(C(=O)Cc3ccncc3F)ccc2CN)c1. The normalized spacial score (nSPS) is 12.1. The highest BCUT2D eigenvalue weighted by Crippen LogP contribution is 2.29. The average molecular weight is 438 g/mol. The van der Waals surface area contributed by atoms with Crippen LogP contribution in [0.5, 0.6) is 5.75 Å². The summed E-state index contributed by atoms with van der Waals surface area (Å²) in [6.07, 6.45) is 1.34. The predicted molar refractivity (Wildman–Crippen MR) is 120 cm³/mol. The molecule has 1 unspecified atom stereocenters. The fourth-order valence-electron chi connectivity index (χ4n) is 3.29. The standard InChI is InChI=1S/C25H27FN2O4/c1-16(2)32-25(30)15-31-21-5-3-4-17(10-21)22-11-19(6-7-20(22)13-27)24(29)12-18-8-9-28-14-23(18)26/h3-11,14,16,25,30H,12-13,15,27H2,1-2H3. The van der Waals surface area contributed by atoms with Crippen LogP contribution in [0.3, 0.4) is 0 Å². The van der Waals surface area contributed by atoms with E-state index < -0.39 is 12.1 Å². The molecule has 0 aliphatic rings. The monoisotopic (exact) mass is 438 g/mol. The summed E-state index contributed by atoms with van der Waals surface area (Å²) in [7, 11) is 0. The molecule has 3 aromatic rings. The van der Waals surface area contributed by atoms with E-state index in [1.165, 1.54) is 12.3 Å². The number of aliphatic hydroxyl groups is 1. The van der Waals surface area contributed by atoms with Gasteiger partial charge >= 0.3 is 0 Å². The summed E-state index contributed by atoms with van der Waals surface area (Å²) in [5, 5.41) is 9.86. The minimum Gasteiger partial charge on any atom is -0.488 e. The Hall–Kier alpha value is -3.13. The number of aliphatic hydroxyl groups excluding tert-OH is 1. The summed E-state index contributed by atoms with van der Waals surface area (Å²) in [4.78, 5) is 16.5. The molecule has 3 rings (SSSR count). The van der Waals surface area contributed by atoms with Crippen molar-refractivity contribution in [1.29, 1.82) is 0 Å². The number of rotatable bonds is 10. The van der Waals surface area contributed by atoms with Crippen molar-refractivity contribution in [3.63, 3.8) is 0 Å². The number of hydrogen-bond acceptors (Lipinski definition) is 6. The molecule has 7 heteroatoms. The van der Waals surface area contributed by atoms with E-state index in [0.29, 0.717) is 16.9 Å². The van der Waals surface area contributed by atoms with Crippen molar-refractivity contribution in [2.75, 3.05) is 6.61 Å². The van der Waals surface area contributed by atoms with Crippen LogP contribution in [0.15, 0.2) is 60.9 Å². The molecule has 0 saturated carbocycles. The molecule has 0 amide bonds. The Morgan fingerprint density at radius 3 is 2.69 bits per heavy atom. The van der Waals surface area contributed by atoms with Gasteiger partial charge in [0.1, 0.15) is 18.2 Å². The zero-order valence-electron chi connectivity index (χ0n) is 18.1. The van der Waals surface area contributed by atoms with Crippen LogP contribution in [-0.4, -0.2) is 34.9 Å². The molecule has 0 aliphatic heterocycles. The Bertz CT molecular complexity index is 1070. The van der Waals surface area contributed by atoms with Gasteiger partial charge in [-0.2, -0.15) is 0 Å². The molecule has 2 aromatic carbocycles. The summed E-state index contributed by atoms with van der Waals surface area (Å²) < 4.78 is 24.8. The molecule has 32 heavy (non-hydrogen) atoms. The van der Waals surface area contributed by atoms with Crippen molar-refractivity contribution in [3.05, 3.63) is 83.4 Å². The molecule has 0 saturated heterocycles. The summed E-state index contributed by atoms with van der Waals surface area (Å²) in [5.74, 6) is -0.165. The van der Waals surface area contributed by atoms with E-state index in [1.54, 1.807) is 24.3 Å². The van der Waals surface area contributed by atoms with Crippen LogP contribution in [0, 0.1) is 5.82 Å². The first-order valence-electron chi connectivity index (χ1n) is 10.4. The quantitative estimate of drug-likeness (QED) is 0.368. The molecule has 3 N–H and O–H groups in total. The Balaban J connectivity index is 1.82. The van der Waals surface area contributed by atoms with Crippen LogP contribution in [-0.2, 0) is 17.7 Å². The molecule has 0 aliphatic carbocycles. The Morgan fingerprint density at radius 1 is 1.16 bits per heavy atom. The van der Waals surface area contributed by atoms with Crippen molar-refractivity contribution in [1.82, 2.24) is 4.98 Å². The number of benzene rings is 2. The maximum absolute atomic E-state index is 13.9. The topological polar surface area (TPSA) is 94.7 Å². The summed E-state index contributed by atoms with van der Waals surface area (Å²) in [5.41, 5.74) is 9.14. The van der Waals surface area contributed by atoms with Crippen LogP contribution in [0.25, 0.3) is 11.1 Å². The molecule has 0 fully saturated rings. The third-order valence-corrected chi connectivity index (χ3v) is 4.83. The number of aromatic nitrogens is 1. The predicted octanol–water partition coefficient (Wildman–Crippen LogP) is 3.89. The van der Waals surface area contributed by atoms with Gasteiger partial charge in [-0.05, 0) is 60.4 Å². The van der Waals surface area contributed by atoms with Gasteiger partial charge in [0, 0.05) is 24.7 Å². The molecular formula is C25H27FN2O4. The van der Waals surface area contributed by atoms with E-state index in [2.05, 4.69) is 4.98 Å². The van der Waals surface area contributed by atoms with Gasteiger partial charge in [-0.15, -0.1) is 0 Å². The lowest BCUT2D eigenvalue weighted by Gasteiger charge is -2.16. The van der Waals surface area contributed by atoms with Crippen LogP contribution in [0.4, 0.5) is 4.39 Å². The van der Waals surface area contributed by atoms with Crippen LogP contribution >= 0.6 is 0 Å². The van der Waals surface area contributed by atoms with Gasteiger partial charge in [0.25, 0.3) is 0 Å². The number of halogens is 1. The second-order valence-corrected chi connectivity index (χ2v) is 7.62. The van der Waals surface area contributed by atoms with Gasteiger partial charge < -0.3 is 20.3 Å². The second-order valence-electron chi connectivity index (χ2n) is 7.62. The Kier molecular flexibility index (Phi) is 8.05. The third-order valence-electron chi connectivity index (χ3n) is 4.83. The van der Waals surface area contributed by atoms with Crippen molar-refractivity contribution in [2.24, 2.45) is 5.73 Å². The molecule has 0 bridgehead atoms. The van der Waals surface area contributed by atoms with E-state index >= 15 is 0 Å². The number of nitrogens with zero attached hydrogens (tertiary/aromatic N) is 1. The van der Waals surface area contributed by atoms with Crippen LogP contribution in [0.1, 0.15) is 35.3 Å². The number of ketones is 1. The molecule has 0 spiro atoms. The van der Waals surface area contributed by atoms with E-state index in [1.807, 2.05) is 32.0 Å². The van der Waals surface area contributed by atoms with Crippen molar-refractivity contribution in [3.8, 4) is 16.9 Å². The highest BCUT2D eigenvalue weighted by atomic mass is 19.1. The minimum atomic E-state index is -1.03. The fraction of sp³-hybridized carbons (Fsp3) is 0.280. The van der Waals surface area contributed by atoms with Crippen LogP contribution in [0.2, 0.25) is 0 Å². The molecule has 168 valence electrons.